The summed E-state index contributed by atoms with van der Waals surface area (Å²) >= 11 is 1.75. The largest absolute Gasteiger partial charge is 0.325 e. The van der Waals surface area contributed by atoms with Gasteiger partial charge in [-0.2, -0.15) is 0 Å². The van der Waals surface area contributed by atoms with Crippen LogP contribution in [0.5, 0.6) is 0 Å². The summed E-state index contributed by atoms with van der Waals surface area (Å²) in [6, 6.07) is 0. The normalized spacial score (nSPS) is 10.6. The van der Waals surface area contributed by atoms with E-state index in [0.717, 1.165) is 5.01 Å². The number of hydrogen-bond donors (Lipinski definition) is 1. The molecule has 2 N–H and O–H groups in total. The number of hydrogen-bond acceptors (Lipinski definition) is 3. The van der Waals surface area contributed by atoms with Crippen molar-refractivity contribution in [3.05, 3.63) is 16.1 Å². The molecule has 2 nitrogen and oxygen atoms in total. The van der Waals surface area contributed by atoms with Crippen LogP contribution in [0.3, 0.4) is 0 Å². The Hall–Kier alpha value is -0.410. The minimum Gasteiger partial charge on any atom is -0.325 e. The Bertz CT molecular complexity index is 233. The summed E-state index contributed by atoms with van der Waals surface area (Å²) in [6.07, 6.45) is 8.43. The van der Waals surface area contributed by atoms with Crippen LogP contribution in [0.2, 0.25) is 0 Å². The fraction of sp³-hybridized carbons (Fsp3) is 0.700. The maximum atomic E-state index is 5.49. The van der Waals surface area contributed by atoms with Gasteiger partial charge in [0.1, 0.15) is 5.01 Å². The van der Waals surface area contributed by atoms with E-state index in [4.69, 9.17) is 5.73 Å². The first-order chi connectivity index (χ1) is 6.36. The number of rotatable bonds is 6. The highest BCUT2D eigenvalue weighted by Gasteiger charge is 1.99. The molecule has 0 fully saturated rings. The Balaban J connectivity index is 2.20. The molecule has 0 radical (unpaired) electrons. The van der Waals surface area contributed by atoms with Crippen LogP contribution in [-0.4, -0.2) is 4.98 Å². The summed E-state index contributed by atoms with van der Waals surface area (Å²) in [5.74, 6) is 0. The molecule has 1 aromatic rings. The van der Waals surface area contributed by atoms with Crippen LogP contribution in [0.4, 0.5) is 0 Å². The molecule has 0 aliphatic rings. The van der Waals surface area contributed by atoms with Gasteiger partial charge < -0.3 is 5.73 Å². The van der Waals surface area contributed by atoms with Gasteiger partial charge in [0.05, 0.1) is 0 Å². The van der Waals surface area contributed by atoms with Gasteiger partial charge in [-0.3, -0.25) is 0 Å². The van der Waals surface area contributed by atoms with Crippen LogP contribution < -0.4 is 5.73 Å². The number of aromatic nitrogens is 1. The molecule has 0 saturated heterocycles. The second-order valence-corrected chi connectivity index (χ2v) is 4.43. The molecule has 74 valence electrons. The molecule has 3 heteroatoms. The lowest BCUT2D eigenvalue weighted by molar-refractivity contribution is 0.670. The van der Waals surface area contributed by atoms with Crippen molar-refractivity contribution in [1.29, 1.82) is 0 Å². The van der Waals surface area contributed by atoms with Crippen LogP contribution in [0.15, 0.2) is 6.20 Å². The van der Waals surface area contributed by atoms with Crippen LogP contribution >= 0.6 is 11.3 Å². The van der Waals surface area contributed by atoms with E-state index >= 15 is 0 Å². The minimum absolute atomic E-state index is 0.583. The zero-order valence-electron chi connectivity index (χ0n) is 8.25. The molecular weight excluding hydrogens is 180 g/mol. The zero-order valence-corrected chi connectivity index (χ0v) is 9.07. The van der Waals surface area contributed by atoms with Crippen LogP contribution in [0.25, 0.3) is 0 Å². The predicted molar refractivity (Wildman–Crippen MR) is 57.9 cm³/mol. The van der Waals surface area contributed by atoms with Crippen molar-refractivity contribution >= 4 is 11.3 Å². The average Bonchev–Trinajstić information content (AvgIpc) is 2.60. The van der Waals surface area contributed by atoms with Gasteiger partial charge in [-0.1, -0.05) is 26.2 Å². The molecule has 1 aromatic heterocycles. The van der Waals surface area contributed by atoms with Crippen LogP contribution in [-0.2, 0) is 13.0 Å². The fourth-order valence-electron chi connectivity index (χ4n) is 1.28. The van der Waals surface area contributed by atoms with Gasteiger partial charge in [-0.15, -0.1) is 11.3 Å². The molecule has 0 spiro atoms. The molecule has 1 rings (SSSR count). The fourth-order valence-corrected chi connectivity index (χ4v) is 2.13. The van der Waals surface area contributed by atoms with E-state index in [1.165, 1.54) is 37.0 Å². The van der Waals surface area contributed by atoms with E-state index in [0.29, 0.717) is 6.54 Å². The molecule has 0 atom stereocenters. The number of nitrogens with two attached hydrogens (primary N) is 1. The number of unbranched alkanes of at least 4 members (excludes halogenated alkanes) is 3. The first-order valence-electron chi connectivity index (χ1n) is 5.00. The lowest BCUT2D eigenvalue weighted by atomic mass is 10.1. The van der Waals surface area contributed by atoms with Gasteiger partial charge in [-0.05, 0) is 12.8 Å². The zero-order chi connectivity index (χ0) is 9.52. The van der Waals surface area contributed by atoms with Crippen LogP contribution in [0.1, 0.15) is 42.5 Å². The van der Waals surface area contributed by atoms with Crippen LogP contribution in [0, 0.1) is 0 Å². The Kier molecular flexibility index (Phi) is 5.01. The Morgan fingerprint density at radius 1 is 1.38 bits per heavy atom. The summed E-state index contributed by atoms with van der Waals surface area (Å²) < 4.78 is 0. The number of aryl methyl sites for hydroxylation is 1. The number of nitrogens with zero attached hydrogens (tertiary/aromatic N) is 1. The summed E-state index contributed by atoms with van der Waals surface area (Å²) in [4.78, 5) is 5.61. The molecule has 0 aliphatic heterocycles. The first-order valence-corrected chi connectivity index (χ1v) is 5.82. The van der Waals surface area contributed by atoms with Crippen molar-refractivity contribution < 1.29 is 0 Å². The van der Waals surface area contributed by atoms with E-state index in [1.54, 1.807) is 11.3 Å². The van der Waals surface area contributed by atoms with Gasteiger partial charge in [0.25, 0.3) is 0 Å². The third-order valence-corrected chi connectivity index (χ3v) is 3.13. The average molecular weight is 198 g/mol. The first kappa shape index (κ1) is 10.7. The highest BCUT2D eigenvalue weighted by atomic mass is 32.1. The second-order valence-electron chi connectivity index (χ2n) is 3.24. The van der Waals surface area contributed by atoms with Gasteiger partial charge >= 0.3 is 0 Å². The van der Waals surface area contributed by atoms with E-state index in [-0.39, 0.29) is 0 Å². The molecule has 0 saturated carbocycles. The van der Waals surface area contributed by atoms with Gasteiger partial charge in [0.2, 0.25) is 0 Å². The minimum atomic E-state index is 0.583. The molecular formula is C10H18N2S. The van der Waals surface area contributed by atoms with Gasteiger partial charge in [-0.25, -0.2) is 4.98 Å². The third-order valence-electron chi connectivity index (χ3n) is 2.05. The van der Waals surface area contributed by atoms with E-state index in [2.05, 4.69) is 11.9 Å². The van der Waals surface area contributed by atoms with Crippen molar-refractivity contribution in [2.45, 2.75) is 45.6 Å². The van der Waals surface area contributed by atoms with Crippen molar-refractivity contribution in [2.24, 2.45) is 5.73 Å². The topological polar surface area (TPSA) is 38.9 Å². The lowest BCUT2D eigenvalue weighted by Gasteiger charge is -1.95. The van der Waals surface area contributed by atoms with Gasteiger partial charge in [0.15, 0.2) is 0 Å². The summed E-state index contributed by atoms with van der Waals surface area (Å²) in [5.41, 5.74) is 5.49. The predicted octanol–water partition coefficient (Wildman–Crippen LogP) is 2.72. The quantitative estimate of drug-likeness (QED) is 0.714. The summed E-state index contributed by atoms with van der Waals surface area (Å²) in [7, 11) is 0. The highest BCUT2D eigenvalue weighted by molar-refractivity contribution is 7.11. The van der Waals surface area contributed by atoms with E-state index in [9.17, 15) is 0 Å². The maximum Gasteiger partial charge on any atom is 0.106 e. The molecule has 0 aromatic carbocycles. The standard InChI is InChI=1S/C10H18N2S/c1-2-3-4-5-6-9-8-12-10(7-11)13-9/h8H,2-7,11H2,1H3. The van der Waals surface area contributed by atoms with Crippen molar-refractivity contribution in [3.8, 4) is 0 Å². The van der Waals surface area contributed by atoms with Crippen molar-refractivity contribution in [2.75, 3.05) is 0 Å². The SMILES string of the molecule is CCCCCCc1cnc(CN)s1. The molecule has 13 heavy (non-hydrogen) atoms. The smallest absolute Gasteiger partial charge is 0.106 e. The number of thiazole rings is 1. The Morgan fingerprint density at radius 3 is 2.85 bits per heavy atom. The van der Waals surface area contributed by atoms with Crippen molar-refractivity contribution in [3.63, 3.8) is 0 Å². The molecule has 0 amide bonds. The Labute approximate surface area is 84.2 Å². The third kappa shape index (κ3) is 3.87. The summed E-state index contributed by atoms with van der Waals surface area (Å²) in [6.45, 7) is 2.82. The molecule has 0 unspecified atom stereocenters. The Morgan fingerprint density at radius 2 is 2.23 bits per heavy atom. The van der Waals surface area contributed by atoms with E-state index < -0.39 is 0 Å². The molecule has 1 heterocycles. The van der Waals surface area contributed by atoms with E-state index in [1.807, 2.05) is 6.20 Å². The molecule has 0 aliphatic carbocycles. The van der Waals surface area contributed by atoms with Crippen molar-refractivity contribution in [1.82, 2.24) is 4.98 Å². The monoisotopic (exact) mass is 198 g/mol. The summed E-state index contributed by atoms with van der Waals surface area (Å²) in [5, 5.41) is 1.06. The van der Waals surface area contributed by atoms with Gasteiger partial charge in [0, 0.05) is 17.6 Å². The molecule has 0 bridgehead atoms. The second kappa shape index (κ2) is 6.11. The lowest BCUT2D eigenvalue weighted by Crippen LogP contribution is -1.93. The highest BCUT2D eigenvalue weighted by Crippen LogP contribution is 2.15. The maximum absolute atomic E-state index is 5.49.